The Morgan fingerprint density at radius 1 is 1.37 bits per heavy atom. The Morgan fingerprint density at radius 2 is 2.21 bits per heavy atom. The van der Waals surface area contributed by atoms with Gasteiger partial charge in [-0.05, 0) is 0 Å². The van der Waals surface area contributed by atoms with E-state index >= 15 is 0 Å². The summed E-state index contributed by atoms with van der Waals surface area (Å²) in [7, 11) is 2.05. The fraction of sp³-hybridized carbons (Fsp3) is 0.143. The molecule has 3 aromatic rings. The van der Waals surface area contributed by atoms with Gasteiger partial charge >= 0.3 is 112 Å². The number of aromatic nitrogens is 3. The second-order valence-corrected chi connectivity index (χ2v) is 6.02. The minimum absolute atomic E-state index is 0. The smallest absolute Gasteiger partial charge is 0 e. The molecule has 0 saturated carbocycles. The van der Waals surface area contributed by atoms with Crippen molar-refractivity contribution < 1.29 is 37.3 Å². The Morgan fingerprint density at radius 3 is 2.84 bits per heavy atom. The van der Waals surface area contributed by atoms with Crippen LogP contribution in [-0.2, 0) is 39.8 Å². The molecule has 0 N–H and O–H groups in total. The number of hydrogen-bond acceptors (Lipinski definition) is 1. The summed E-state index contributed by atoms with van der Waals surface area (Å²) in [5.41, 5.74) is 2.26. The molecule has 3 aromatic heterocycles. The van der Waals surface area contributed by atoms with Crippen molar-refractivity contribution in [1.29, 1.82) is 0 Å². The molecule has 0 unspecified atom stereocenters. The molecule has 0 spiro atoms. The number of hydrogen-bond donors (Lipinski definition) is 0. The third-order valence-electron chi connectivity index (χ3n) is 2.83. The standard InChI is InChI=1S/C14H12N3Se.Y/c1-11-5-9-18-13(11)14-16(2)7-8-17(14)12-4-3-6-15-10-12;/h3-7,9H,1-2H3;/q-1;. The summed E-state index contributed by atoms with van der Waals surface area (Å²) in [5.74, 6) is 1.17. The number of nitrogens with zero attached hydrogens (tertiary/aromatic N) is 3. The third kappa shape index (κ3) is 2.82. The Kier molecular flexibility index (Phi) is 4.91. The molecule has 0 fully saturated rings. The van der Waals surface area contributed by atoms with Gasteiger partial charge in [0, 0.05) is 32.7 Å². The molecule has 3 nitrogen and oxygen atoms in total. The van der Waals surface area contributed by atoms with Gasteiger partial charge in [0.25, 0.3) is 0 Å². The van der Waals surface area contributed by atoms with E-state index in [4.69, 9.17) is 0 Å². The van der Waals surface area contributed by atoms with E-state index in [1.807, 2.05) is 29.9 Å². The normalized spacial score (nSPS) is 10.2. The zero-order valence-electron chi connectivity index (χ0n) is 10.8. The van der Waals surface area contributed by atoms with E-state index < -0.39 is 0 Å². The Balaban J connectivity index is 0.00000133. The number of imidazole rings is 1. The molecule has 0 atom stereocenters. The predicted octanol–water partition coefficient (Wildman–Crippen LogP) is 1.33. The first-order chi connectivity index (χ1) is 8.77. The summed E-state index contributed by atoms with van der Waals surface area (Å²) in [6.45, 7) is 2.16. The number of pyridine rings is 1. The average Bonchev–Trinajstić information content (AvgIpc) is 2.96. The van der Waals surface area contributed by atoms with Gasteiger partial charge in [-0.25, -0.2) is 0 Å². The van der Waals surface area contributed by atoms with Gasteiger partial charge < -0.3 is 0 Å². The number of aryl methyl sites for hydroxylation is 2. The van der Waals surface area contributed by atoms with Gasteiger partial charge in [0.2, 0.25) is 0 Å². The van der Waals surface area contributed by atoms with Crippen LogP contribution in [0.2, 0.25) is 0 Å². The zero-order valence-corrected chi connectivity index (χ0v) is 15.3. The van der Waals surface area contributed by atoms with Crippen molar-refractivity contribution in [3.05, 3.63) is 53.5 Å². The SMILES string of the molecule is Cc1cc[se]c1-c1n(C)c[c-][n+]1-c1[c-]nccc1.[Y]. The van der Waals surface area contributed by atoms with Crippen molar-refractivity contribution in [2.24, 2.45) is 7.05 Å². The third-order valence-corrected chi connectivity index (χ3v) is 4.95. The van der Waals surface area contributed by atoms with E-state index in [0.717, 1.165) is 5.69 Å². The Bertz CT molecular complexity index is 673. The predicted molar refractivity (Wildman–Crippen MR) is 69.5 cm³/mol. The molecule has 3 rings (SSSR count). The Hall–Kier alpha value is -0.537. The molecule has 0 aromatic carbocycles. The van der Waals surface area contributed by atoms with E-state index in [2.05, 4.69) is 39.9 Å². The van der Waals surface area contributed by atoms with Crippen LogP contribution in [0.4, 0.5) is 0 Å². The van der Waals surface area contributed by atoms with Gasteiger partial charge in [0.1, 0.15) is 0 Å². The summed E-state index contributed by atoms with van der Waals surface area (Å²) >= 11 is 0.397. The first-order valence-corrected chi connectivity index (χ1v) is 7.48. The van der Waals surface area contributed by atoms with E-state index in [-0.39, 0.29) is 32.7 Å². The van der Waals surface area contributed by atoms with Crippen molar-refractivity contribution in [2.75, 3.05) is 0 Å². The molecule has 5 heteroatoms. The minimum atomic E-state index is 0. The molecule has 0 aliphatic carbocycles. The van der Waals surface area contributed by atoms with Crippen LogP contribution in [0, 0.1) is 19.3 Å². The van der Waals surface area contributed by atoms with Gasteiger partial charge in [-0.3, -0.25) is 0 Å². The summed E-state index contributed by atoms with van der Waals surface area (Å²) < 4.78 is 5.53. The fourth-order valence-electron chi connectivity index (χ4n) is 1.91. The summed E-state index contributed by atoms with van der Waals surface area (Å²) in [6, 6.07) is 6.11. The molecule has 93 valence electrons. The molecular formula is C14H12N3SeY-. The van der Waals surface area contributed by atoms with Crippen LogP contribution in [0.5, 0.6) is 0 Å². The first kappa shape index (κ1) is 14.9. The average molecular weight is 390 g/mol. The van der Waals surface area contributed by atoms with Crippen LogP contribution in [0.1, 0.15) is 5.56 Å². The Labute approximate surface area is 143 Å². The van der Waals surface area contributed by atoms with E-state index in [1.165, 1.54) is 15.8 Å². The largest absolute Gasteiger partial charge is 0 e. The summed E-state index contributed by atoms with van der Waals surface area (Å²) in [6.07, 6.45) is 9.94. The van der Waals surface area contributed by atoms with E-state index in [1.54, 1.807) is 6.20 Å². The van der Waals surface area contributed by atoms with Crippen LogP contribution in [0.25, 0.3) is 15.9 Å². The van der Waals surface area contributed by atoms with Crippen LogP contribution < -0.4 is 4.57 Å². The van der Waals surface area contributed by atoms with Crippen molar-refractivity contribution in [1.82, 2.24) is 9.55 Å². The van der Waals surface area contributed by atoms with Crippen LogP contribution in [0.15, 0.2) is 35.5 Å². The van der Waals surface area contributed by atoms with Crippen molar-refractivity contribution >= 4 is 14.5 Å². The molecule has 0 aliphatic rings. The fourth-order valence-corrected chi connectivity index (χ4v) is 4.02. The second-order valence-electron chi connectivity index (χ2n) is 4.10. The molecule has 1 radical (unpaired) electrons. The molecule has 19 heavy (non-hydrogen) atoms. The molecule has 0 saturated heterocycles. The van der Waals surface area contributed by atoms with Gasteiger partial charge in [-0.2, -0.15) is 0 Å². The van der Waals surface area contributed by atoms with Gasteiger partial charge in [0.05, 0.1) is 0 Å². The van der Waals surface area contributed by atoms with Gasteiger partial charge in [-0.15, -0.1) is 0 Å². The quantitative estimate of drug-likeness (QED) is 0.368. The molecule has 3 heterocycles. The maximum atomic E-state index is 4.06. The molecule has 0 amide bonds. The second kappa shape index (κ2) is 6.28. The van der Waals surface area contributed by atoms with Crippen molar-refractivity contribution in [2.45, 2.75) is 6.92 Å². The van der Waals surface area contributed by atoms with Crippen molar-refractivity contribution in [3.8, 4) is 15.9 Å². The van der Waals surface area contributed by atoms with Gasteiger partial charge in [0.15, 0.2) is 0 Å². The molecule has 0 bridgehead atoms. The maximum absolute atomic E-state index is 4.06. The van der Waals surface area contributed by atoms with Crippen LogP contribution in [-0.4, -0.2) is 24.1 Å². The monoisotopic (exact) mass is 391 g/mol. The number of rotatable bonds is 2. The van der Waals surface area contributed by atoms with Gasteiger partial charge in [-0.1, -0.05) is 0 Å². The topological polar surface area (TPSA) is 21.7 Å². The minimum Gasteiger partial charge on any atom is 0 e. The van der Waals surface area contributed by atoms with Crippen LogP contribution in [0.3, 0.4) is 0 Å². The van der Waals surface area contributed by atoms with E-state index in [9.17, 15) is 0 Å². The van der Waals surface area contributed by atoms with Crippen molar-refractivity contribution in [3.63, 3.8) is 0 Å². The maximum Gasteiger partial charge on any atom is 0 e. The zero-order chi connectivity index (χ0) is 12.5. The summed E-state index contributed by atoms with van der Waals surface area (Å²) in [4.78, 5) is 6.31. The molecular weight excluding hydrogens is 378 g/mol. The van der Waals surface area contributed by atoms with E-state index in [0.29, 0.717) is 14.5 Å². The molecule has 0 aliphatic heterocycles. The van der Waals surface area contributed by atoms with Crippen LogP contribution >= 0.6 is 0 Å². The first-order valence-electron chi connectivity index (χ1n) is 5.64. The summed E-state index contributed by atoms with van der Waals surface area (Å²) in [5, 5.41) is 0.